The molecule has 0 amide bonds. The van der Waals surface area contributed by atoms with Crippen molar-refractivity contribution in [3.8, 4) is 6.07 Å². The van der Waals surface area contributed by atoms with E-state index in [0.717, 1.165) is 12.8 Å². The number of rotatable bonds is 2. The molecule has 2 atom stereocenters. The Bertz CT molecular complexity index is 276. The molecule has 0 aromatic heterocycles. The molecule has 0 saturated heterocycles. The van der Waals surface area contributed by atoms with Crippen LogP contribution in [0.2, 0.25) is 0 Å². The van der Waals surface area contributed by atoms with E-state index in [-0.39, 0.29) is 5.54 Å². The van der Waals surface area contributed by atoms with Crippen molar-refractivity contribution in [3.63, 3.8) is 0 Å². The van der Waals surface area contributed by atoms with Gasteiger partial charge in [-0.3, -0.25) is 5.32 Å². The van der Waals surface area contributed by atoms with Crippen LogP contribution in [0.5, 0.6) is 0 Å². The van der Waals surface area contributed by atoms with Crippen LogP contribution in [0.1, 0.15) is 65.2 Å². The molecule has 2 heteroatoms. The van der Waals surface area contributed by atoms with Gasteiger partial charge in [-0.05, 0) is 43.9 Å². The van der Waals surface area contributed by atoms with E-state index >= 15 is 0 Å². The molecule has 1 N–H and O–H groups in total. The molecule has 0 heterocycles. The van der Waals surface area contributed by atoms with Gasteiger partial charge in [-0.2, -0.15) is 5.26 Å². The van der Waals surface area contributed by atoms with Crippen LogP contribution in [-0.2, 0) is 0 Å². The Labute approximate surface area is 106 Å². The number of nitrogens with one attached hydrogen (secondary N) is 1. The molecule has 0 aliphatic heterocycles. The second kappa shape index (κ2) is 5.40. The number of nitrogens with zero attached hydrogens (tertiary/aromatic N) is 1. The second-order valence-electron chi connectivity index (χ2n) is 6.53. The average Bonchev–Trinajstić information content (AvgIpc) is 2.29. The molecule has 2 rings (SSSR count). The van der Waals surface area contributed by atoms with E-state index in [1.165, 1.54) is 38.5 Å². The summed E-state index contributed by atoms with van der Waals surface area (Å²) in [7, 11) is 0. The third-order valence-electron chi connectivity index (χ3n) is 4.50. The monoisotopic (exact) mass is 234 g/mol. The highest BCUT2D eigenvalue weighted by molar-refractivity contribution is 5.11. The normalized spacial score (nSPS) is 39.8. The van der Waals surface area contributed by atoms with Gasteiger partial charge in [-0.25, -0.2) is 0 Å². The topological polar surface area (TPSA) is 35.8 Å². The van der Waals surface area contributed by atoms with Gasteiger partial charge in [-0.15, -0.1) is 0 Å². The summed E-state index contributed by atoms with van der Waals surface area (Å²) in [6, 6.07) is 3.21. The lowest BCUT2D eigenvalue weighted by atomic mass is 9.71. The summed E-state index contributed by atoms with van der Waals surface area (Å²) in [6.45, 7) is 4.59. The van der Waals surface area contributed by atoms with Crippen molar-refractivity contribution in [3.05, 3.63) is 0 Å². The number of hydrogen-bond donors (Lipinski definition) is 1. The van der Waals surface area contributed by atoms with Crippen LogP contribution in [0.25, 0.3) is 0 Å². The van der Waals surface area contributed by atoms with E-state index in [4.69, 9.17) is 0 Å². The summed E-state index contributed by atoms with van der Waals surface area (Å²) in [6.07, 6.45) is 9.97. The smallest absolute Gasteiger partial charge is 0.107 e. The Kier molecular flexibility index (Phi) is 4.09. The van der Waals surface area contributed by atoms with Crippen LogP contribution in [0, 0.1) is 23.2 Å². The first-order valence-corrected chi connectivity index (χ1v) is 7.32. The number of nitriles is 1. The summed E-state index contributed by atoms with van der Waals surface area (Å²) >= 11 is 0. The highest BCUT2D eigenvalue weighted by Gasteiger charge is 2.39. The fraction of sp³-hybridized carbons (Fsp3) is 0.933. The van der Waals surface area contributed by atoms with Gasteiger partial charge in [0.05, 0.1) is 6.07 Å². The zero-order chi connectivity index (χ0) is 12.3. The first kappa shape index (κ1) is 12.9. The molecule has 2 saturated carbocycles. The second-order valence-corrected chi connectivity index (χ2v) is 6.53. The van der Waals surface area contributed by atoms with E-state index in [9.17, 15) is 5.26 Å². The lowest BCUT2D eigenvalue weighted by molar-refractivity contribution is 0.164. The largest absolute Gasteiger partial charge is 0.297 e. The summed E-state index contributed by atoms with van der Waals surface area (Å²) in [5.41, 5.74) is -0.223. The highest BCUT2D eigenvalue weighted by atomic mass is 15.0. The van der Waals surface area contributed by atoms with Crippen molar-refractivity contribution < 1.29 is 0 Å². The molecule has 17 heavy (non-hydrogen) atoms. The Morgan fingerprint density at radius 2 is 1.65 bits per heavy atom. The van der Waals surface area contributed by atoms with E-state index in [2.05, 4.69) is 25.2 Å². The minimum absolute atomic E-state index is 0.223. The van der Waals surface area contributed by atoms with Gasteiger partial charge < -0.3 is 0 Å². The maximum Gasteiger partial charge on any atom is 0.107 e. The molecule has 2 fully saturated rings. The van der Waals surface area contributed by atoms with Gasteiger partial charge in [0.2, 0.25) is 0 Å². The van der Waals surface area contributed by atoms with Gasteiger partial charge in [0.15, 0.2) is 0 Å². The summed E-state index contributed by atoms with van der Waals surface area (Å²) in [5.74, 6) is 1.38. The molecule has 2 aliphatic rings. The minimum Gasteiger partial charge on any atom is -0.297 e. The molecule has 0 aromatic carbocycles. The standard InChI is InChI=1S/C15H26N2/c1-12-8-13(2)10-15(9-12,11-16)17-14-6-4-3-5-7-14/h12-14,17H,3-10H2,1-2H3. The van der Waals surface area contributed by atoms with E-state index in [0.29, 0.717) is 17.9 Å². The predicted molar refractivity (Wildman–Crippen MR) is 70.5 cm³/mol. The SMILES string of the molecule is CC1CC(C)CC(C#N)(NC2CCCCC2)C1. The molecule has 0 bridgehead atoms. The molecule has 96 valence electrons. The highest BCUT2D eigenvalue weighted by Crippen LogP contribution is 2.36. The minimum atomic E-state index is -0.223. The first-order valence-electron chi connectivity index (χ1n) is 7.32. The van der Waals surface area contributed by atoms with Gasteiger partial charge >= 0.3 is 0 Å². The zero-order valence-corrected chi connectivity index (χ0v) is 11.3. The van der Waals surface area contributed by atoms with Crippen molar-refractivity contribution >= 4 is 0 Å². The molecule has 2 nitrogen and oxygen atoms in total. The van der Waals surface area contributed by atoms with Gasteiger partial charge in [0.25, 0.3) is 0 Å². The van der Waals surface area contributed by atoms with E-state index in [1.807, 2.05) is 0 Å². The molecular weight excluding hydrogens is 208 g/mol. The van der Waals surface area contributed by atoms with Crippen molar-refractivity contribution in [2.45, 2.75) is 76.8 Å². The van der Waals surface area contributed by atoms with Crippen LogP contribution in [-0.4, -0.2) is 11.6 Å². The fourth-order valence-electron chi connectivity index (χ4n) is 4.01. The predicted octanol–water partition coefficient (Wildman–Crippen LogP) is 3.63. The fourth-order valence-corrected chi connectivity index (χ4v) is 4.01. The van der Waals surface area contributed by atoms with E-state index in [1.54, 1.807) is 0 Å². The molecule has 2 aliphatic carbocycles. The molecule has 0 aromatic rings. The summed E-state index contributed by atoms with van der Waals surface area (Å²) < 4.78 is 0. The number of hydrogen-bond acceptors (Lipinski definition) is 2. The molecule has 0 spiro atoms. The van der Waals surface area contributed by atoms with Crippen LogP contribution in [0.15, 0.2) is 0 Å². The van der Waals surface area contributed by atoms with Crippen LogP contribution >= 0.6 is 0 Å². The maximum atomic E-state index is 9.60. The van der Waals surface area contributed by atoms with Crippen LogP contribution < -0.4 is 5.32 Å². The Morgan fingerprint density at radius 1 is 1.06 bits per heavy atom. The Hall–Kier alpha value is -0.550. The van der Waals surface area contributed by atoms with Gasteiger partial charge in [-0.1, -0.05) is 33.1 Å². The van der Waals surface area contributed by atoms with E-state index < -0.39 is 0 Å². The summed E-state index contributed by atoms with van der Waals surface area (Å²) in [5, 5.41) is 13.3. The van der Waals surface area contributed by atoms with Gasteiger partial charge in [0.1, 0.15) is 5.54 Å². The summed E-state index contributed by atoms with van der Waals surface area (Å²) in [4.78, 5) is 0. The molecule has 2 unspecified atom stereocenters. The lowest BCUT2D eigenvalue weighted by Gasteiger charge is -2.41. The zero-order valence-electron chi connectivity index (χ0n) is 11.3. The maximum absolute atomic E-state index is 9.60. The van der Waals surface area contributed by atoms with Gasteiger partial charge in [0, 0.05) is 6.04 Å². The van der Waals surface area contributed by atoms with Crippen molar-refractivity contribution in [2.75, 3.05) is 0 Å². The third-order valence-corrected chi connectivity index (χ3v) is 4.50. The Balaban J connectivity index is 2.00. The van der Waals surface area contributed by atoms with Crippen LogP contribution in [0.4, 0.5) is 0 Å². The Morgan fingerprint density at radius 3 is 2.18 bits per heavy atom. The average molecular weight is 234 g/mol. The van der Waals surface area contributed by atoms with Crippen molar-refractivity contribution in [2.24, 2.45) is 11.8 Å². The third kappa shape index (κ3) is 3.22. The quantitative estimate of drug-likeness (QED) is 0.792. The lowest BCUT2D eigenvalue weighted by Crippen LogP contribution is -2.53. The molecular formula is C15H26N2. The van der Waals surface area contributed by atoms with Crippen LogP contribution in [0.3, 0.4) is 0 Å². The van der Waals surface area contributed by atoms with Crippen molar-refractivity contribution in [1.82, 2.24) is 5.32 Å². The van der Waals surface area contributed by atoms with Crippen molar-refractivity contribution in [1.29, 1.82) is 5.26 Å². The first-order chi connectivity index (χ1) is 8.13. The molecule has 0 radical (unpaired) electrons.